The van der Waals surface area contributed by atoms with Gasteiger partial charge in [-0.2, -0.15) is 0 Å². The third kappa shape index (κ3) is 43.9. The Morgan fingerprint density at radius 2 is 0.810 bits per heavy atom. The summed E-state index contributed by atoms with van der Waals surface area (Å²) in [5, 5.41) is 23.1. The van der Waals surface area contributed by atoms with E-state index in [0.29, 0.717) is 25.9 Å². The largest absolute Gasteiger partial charge is 0.466 e. The van der Waals surface area contributed by atoms with Gasteiger partial charge in [0.2, 0.25) is 5.91 Å². The molecule has 0 fully saturated rings. The normalized spacial score (nSPS) is 12.8. The van der Waals surface area contributed by atoms with Crippen molar-refractivity contribution in [2.45, 2.75) is 283 Å². The van der Waals surface area contributed by atoms with E-state index in [4.69, 9.17) is 4.74 Å². The Morgan fingerprint density at radius 1 is 0.466 bits per heavy atom. The van der Waals surface area contributed by atoms with Crippen molar-refractivity contribution in [3.63, 3.8) is 0 Å². The number of hydrogen-bond acceptors (Lipinski definition) is 5. The van der Waals surface area contributed by atoms with Crippen molar-refractivity contribution < 1.29 is 24.5 Å². The Labute approximate surface area is 361 Å². The van der Waals surface area contributed by atoms with Crippen LogP contribution < -0.4 is 5.32 Å². The highest BCUT2D eigenvalue weighted by Gasteiger charge is 2.20. The van der Waals surface area contributed by atoms with Gasteiger partial charge in [0.25, 0.3) is 0 Å². The molecule has 58 heavy (non-hydrogen) atoms. The smallest absolute Gasteiger partial charge is 0.305 e. The van der Waals surface area contributed by atoms with Gasteiger partial charge in [0.15, 0.2) is 0 Å². The van der Waals surface area contributed by atoms with Crippen molar-refractivity contribution in [1.82, 2.24) is 5.32 Å². The van der Waals surface area contributed by atoms with Gasteiger partial charge in [-0.3, -0.25) is 9.59 Å². The van der Waals surface area contributed by atoms with Crippen molar-refractivity contribution in [2.75, 3.05) is 13.2 Å². The number of amides is 1. The lowest BCUT2D eigenvalue weighted by molar-refractivity contribution is -0.143. The van der Waals surface area contributed by atoms with Gasteiger partial charge in [0, 0.05) is 12.8 Å². The molecule has 0 aliphatic heterocycles. The molecule has 0 rings (SSSR count). The van der Waals surface area contributed by atoms with Gasteiger partial charge in [-0.25, -0.2) is 0 Å². The molecule has 0 aliphatic carbocycles. The molecule has 1 amide bonds. The van der Waals surface area contributed by atoms with E-state index in [1.807, 2.05) is 0 Å². The first-order valence-corrected chi connectivity index (χ1v) is 25.6. The highest BCUT2D eigenvalue weighted by atomic mass is 16.5. The number of hydrogen-bond donors (Lipinski definition) is 3. The van der Waals surface area contributed by atoms with Crippen molar-refractivity contribution >= 4 is 11.9 Å². The fourth-order valence-electron chi connectivity index (χ4n) is 7.74. The Hall–Kier alpha value is -1.66. The number of esters is 1. The quantitative estimate of drug-likeness (QED) is 0.0323. The molecule has 2 unspecified atom stereocenters. The fraction of sp³-hybridized carbons (Fsp3) is 0.885. The first kappa shape index (κ1) is 56.3. The lowest BCUT2D eigenvalue weighted by atomic mass is 10.0. The molecule has 3 N–H and O–H groups in total. The molecule has 0 aromatic rings. The van der Waals surface area contributed by atoms with Gasteiger partial charge in [-0.15, -0.1) is 0 Å². The predicted octanol–water partition coefficient (Wildman–Crippen LogP) is 15.1. The molecule has 0 saturated carbocycles. The number of aliphatic hydroxyl groups is 2. The molecule has 0 aromatic heterocycles. The van der Waals surface area contributed by atoms with Crippen LogP contribution in [0, 0.1) is 0 Å². The molecule has 0 saturated heterocycles. The van der Waals surface area contributed by atoms with Crippen molar-refractivity contribution in [3.8, 4) is 0 Å². The number of nitrogens with one attached hydrogen (secondary N) is 1. The maximum Gasteiger partial charge on any atom is 0.305 e. The second-order valence-corrected chi connectivity index (χ2v) is 17.5. The topological polar surface area (TPSA) is 95.9 Å². The fourth-order valence-corrected chi connectivity index (χ4v) is 7.74. The van der Waals surface area contributed by atoms with Crippen LogP contribution >= 0.6 is 0 Å². The Morgan fingerprint density at radius 3 is 1.26 bits per heavy atom. The number of carbonyl (C=O) groups is 2. The summed E-state index contributed by atoms with van der Waals surface area (Å²) >= 11 is 0. The van der Waals surface area contributed by atoms with E-state index in [0.717, 1.165) is 44.9 Å². The van der Waals surface area contributed by atoms with Crippen LogP contribution in [0.1, 0.15) is 271 Å². The number of aliphatic hydroxyl groups excluding tert-OH is 2. The highest BCUT2D eigenvalue weighted by Crippen LogP contribution is 2.15. The van der Waals surface area contributed by atoms with E-state index < -0.39 is 12.1 Å². The molecule has 2 atom stereocenters. The van der Waals surface area contributed by atoms with E-state index in [1.54, 1.807) is 0 Å². The number of unbranched alkanes of at least 4 members (excludes halogenated alkanes) is 32. The highest BCUT2D eigenvalue weighted by molar-refractivity contribution is 5.76. The van der Waals surface area contributed by atoms with Crippen LogP contribution in [0.3, 0.4) is 0 Å². The molecule has 0 heterocycles. The molecular formula is C52H99NO5. The van der Waals surface area contributed by atoms with Crippen LogP contribution in [-0.2, 0) is 14.3 Å². The zero-order chi connectivity index (χ0) is 42.3. The molecular weight excluding hydrogens is 719 g/mol. The zero-order valence-corrected chi connectivity index (χ0v) is 38.8. The average Bonchev–Trinajstić information content (AvgIpc) is 3.22. The first-order chi connectivity index (χ1) is 28.5. The SMILES string of the molecule is CCCCC/C=C\CCCCCCCC(=O)OCCCCCCCCCC/C=C\CCCCCCCCCC(=O)NC(CO)C(O)CCCCCCCCCCCC. The summed E-state index contributed by atoms with van der Waals surface area (Å²) in [4.78, 5) is 24.4. The third-order valence-electron chi connectivity index (χ3n) is 11.7. The van der Waals surface area contributed by atoms with E-state index in [1.165, 1.54) is 193 Å². The summed E-state index contributed by atoms with van der Waals surface area (Å²) in [5.41, 5.74) is 0. The van der Waals surface area contributed by atoms with Gasteiger partial charge < -0.3 is 20.3 Å². The number of allylic oxidation sites excluding steroid dienone is 4. The zero-order valence-electron chi connectivity index (χ0n) is 38.8. The summed E-state index contributed by atoms with van der Waals surface area (Å²) in [6.45, 7) is 4.89. The lowest BCUT2D eigenvalue weighted by Gasteiger charge is -2.22. The molecule has 0 aromatic carbocycles. The number of rotatable bonds is 47. The average molecular weight is 818 g/mol. The van der Waals surface area contributed by atoms with Crippen LogP contribution in [0.5, 0.6) is 0 Å². The van der Waals surface area contributed by atoms with Gasteiger partial charge in [-0.05, 0) is 77.0 Å². The van der Waals surface area contributed by atoms with Crippen LogP contribution in [0.4, 0.5) is 0 Å². The van der Waals surface area contributed by atoms with E-state index >= 15 is 0 Å². The van der Waals surface area contributed by atoms with E-state index in [2.05, 4.69) is 43.5 Å². The molecule has 0 radical (unpaired) electrons. The van der Waals surface area contributed by atoms with Gasteiger partial charge in [-0.1, -0.05) is 205 Å². The minimum Gasteiger partial charge on any atom is -0.466 e. The standard InChI is InChI=1S/C52H99NO5/c1-3-5-7-9-11-13-15-26-30-34-38-42-46-52(57)58-47-43-39-35-31-27-24-22-20-18-16-17-19-21-23-25-29-33-37-41-45-51(56)53-49(48-54)50(55)44-40-36-32-28-14-12-10-8-6-4-2/h11,13,16-17,49-50,54-55H,3-10,12,14-15,18-48H2,1-2H3,(H,53,56)/b13-11-,17-16-. The molecule has 6 heteroatoms. The first-order valence-electron chi connectivity index (χ1n) is 25.6. The molecule has 0 bridgehead atoms. The summed E-state index contributed by atoms with van der Waals surface area (Å²) in [7, 11) is 0. The summed E-state index contributed by atoms with van der Waals surface area (Å²) in [6.07, 6.45) is 55.8. The van der Waals surface area contributed by atoms with Crippen molar-refractivity contribution in [2.24, 2.45) is 0 Å². The van der Waals surface area contributed by atoms with Crippen LogP contribution in [0.15, 0.2) is 24.3 Å². The third-order valence-corrected chi connectivity index (χ3v) is 11.7. The summed E-state index contributed by atoms with van der Waals surface area (Å²) in [6, 6.07) is -0.546. The summed E-state index contributed by atoms with van der Waals surface area (Å²) < 4.78 is 5.45. The van der Waals surface area contributed by atoms with Crippen molar-refractivity contribution in [3.05, 3.63) is 24.3 Å². The van der Waals surface area contributed by atoms with Crippen molar-refractivity contribution in [1.29, 1.82) is 0 Å². The second-order valence-electron chi connectivity index (χ2n) is 17.5. The van der Waals surface area contributed by atoms with Gasteiger partial charge in [0.05, 0.1) is 25.4 Å². The maximum atomic E-state index is 12.4. The molecule has 0 spiro atoms. The predicted molar refractivity (Wildman–Crippen MR) is 250 cm³/mol. The van der Waals surface area contributed by atoms with E-state index in [-0.39, 0.29) is 18.5 Å². The number of carbonyl (C=O) groups excluding carboxylic acids is 2. The second kappa shape index (κ2) is 48.0. The molecule has 0 aliphatic rings. The Bertz CT molecular complexity index is 904. The minimum absolute atomic E-state index is 0.00666. The van der Waals surface area contributed by atoms with E-state index in [9.17, 15) is 19.8 Å². The molecule has 6 nitrogen and oxygen atoms in total. The minimum atomic E-state index is -0.668. The molecule has 342 valence electrons. The van der Waals surface area contributed by atoms with Gasteiger partial charge in [0.1, 0.15) is 0 Å². The monoisotopic (exact) mass is 818 g/mol. The Kier molecular flexibility index (Phi) is 46.6. The Balaban J connectivity index is 3.43. The lowest BCUT2D eigenvalue weighted by Crippen LogP contribution is -2.45. The summed E-state index contributed by atoms with van der Waals surface area (Å²) in [5.74, 6) is -0.0535. The van der Waals surface area contributed by atoms with Crippen LogP contribution in [0.2, 0.25) is 0 Å². The van der Waals surface area contributed by atoms with Gasteiger partial charge >= 0.3 is 5.97 Å². The number of ether oxygens (including phenoxy) is 1. The van der Waals surface area contributed by atoms with Crippen LogP contribution in [0.25, 0.3) is 0 Å². The van der Waals surface area contributed by atoms with Crippen LogP contribution in [-0.4, -0.2) is 47.4 Å². The maximum absolute atomic E-state index is 12.4.